The van der Waals surface area contributed by atoms with Gasteiger partial charge in [-0.05, 0) is 43.3 Å². The number of nitrogens with one attached hydrogen (secondary N) is 1. The van der Waals surface area contributed by atoms with Crippen LogP contribution in [0.2, 0.25) is 15.1 Å². The minimum absolute atomic E-state index is 0.0166. The Hall–Kier alpha value is -0.930. The van der Waals surface area contributed by atoms with Crippen LogP contribution in [0.25, 0.3) is 0 Å². The summed E-state index contributed by atoms with van der Waals surface area (Å²) in [6.45, 7) is 4.82. The Bertz CT molecular complexity index is 963. The second-order valence-corrected chi connectivity index (χ2v) is 10.1. The molecular weight excluding hydrogens is 472 g/mol. The van der Waals surface area contributed by atoms with Crippen molar-refractivity contribution in [1.82, 2.24) is 14.5 Å². The minimum atomic E-state index is -3.71. The predicted octanol–water partition coefficient (Wildman–Crippen LogP) is 4.27. The van der Waals surface area contributed by atoms with Crippen molar-refractivity contribution in [3.05, 3.63) is 62.8 Å². The number of hydrogen-bond acceptors (Lipinski definition) is 4. The molecule has 5 nitrogen and oxygen atoms in total. The van der Waals surface area contributed by atoms with Gasteiger partial charge in [0.25, 0.3) is 0 Å². The molecule has 1 heterocycles. The van der Waals surface area contributed by atoms with Crippen LogP contribution in [-0.4, -0.2) is 57.5 Å². The average Bonchev–Trinajstić information content (AvgIpc) is 2.71. The average molecular weight is 495 g/mol. The van der Waals surface area contributed by atoms with E-state index in [0.29, 0.717) is 35.1 Å². The van der Waals surface area contributed by atoms with E-state index >= 15 is 0 Å². The first-order valence-electron chi connectivity index (χ1n) is 9.58. The zero-order valence-electron chi connectivity index (χ0n) is 16.3. The van der Waals surface area contributed by atoms with Gasteiger partial charge < -0.3 is 4.90 Å². The number of piperazine rings is 1. The molecular formula is C20H23Cl3FN3O2S. The topological polar surface area (TPSA) is 52.7 Å². The minimum Gasteiger partial charge on any atom is -0.301 e. The number of nitrogens with zero attached hydrogens (tertiary/aromatic N) is 2. The third-order valence-electron chi connectivity index (χ3n) is 5.03. The van der Waals surface area contributed by atoms with E-state index in [4.69, 9.17) is 34.8 Å². The standard InChI is InChI=1S/C20H23Cl3FN3O2S/c21-15-5-6-18(23)20(13-15)30(28,29)25-7-2-8-26-9-11-27(12-10-26)14-16-17(22)3-1-4-19(16)24/h1,3-6,13,25H,2,7-12,14H2. The van der Waals surface area contributed by atoms with E-state index in [0.717, 1.165) is 32.7 Å². The summed E-state index contributed by atoms with van der Waals surface area (Å²) in [5, 5.41) is 0.900. The van der Waals surface area contributed by atoms with Crippen LogP contribution in [0, 0.1) is 5.82 Å². The van der Waals surface area contributed by atoms with Crippen molar-refractivity contribution in [1.29, 1.82) is 0 Å². The lowest BCUT2D eigenvalue weighted by molar-refractivity contribution is 0.125. The summed E-state index contributed by atoms with van der Waals surface area (Å²) in [6.07, 6.45) is 0.663. The Labute approximate surface area is 191 Å². The van der Waals surface area contributed by atoms with Crippen LogP contribution >= 0.6 is 34.8 Å². The van der Waals surface area contributed by atoms with Crippen molar-refractivity contribution in [3.8, 4) is 0 Å². The number of rotatable bonds is 8. The van der Waals surface area contributed by atoms with E-state index in [-0.39, 0.29) is 15.7 Å². The lowest BCUT2D eigenvalue weighted by atomic mass is 10.2. The lowest BCUT2D eigenvalue weighted by Gasteiger charge is -2.34. The molecule has 1 N–H and O–H groups in total. The van der Waals surface area contributed by atoms with E-state index in [1.54, 1.807) is 18.2 Å². The van der Waals surface area contributed by atoms with E-state index in [2.05, 4.69) is 14.5 Å². The summed E-state index contributed by atoms with van der Waals surface area (Å²) in [7, 11) is -3.71. The molecule has 0 aliphatic carbocycles. The molecule has 0 aromatic heterocycles. The van der Waals surface area contributed by atoms with Crippen LogP contribution in [0.5, 0.6) is 0 Å². The number of benzene rings is 2. The molecule has 0 amide bonds. The fourth-order valence-corrected chi connectivity index (χ4v) is 5.41. The van der Waals surface area contributed by atoms with Crippen molar-refractivity contribution < 1.29 is 12.8 Å². The van der Waals surface area contributed by atoms with Crippen molar-refractivity contribution in [2.45, 2.75) is 17.9 Å². The molecule has 10 heteroatoms. The first kappa shape index (κ1) is 23.7. The molecule has 1 saturated heterocycles. The highest BCUT2D eigenvalue weighted by Gasteiger charge is 2.20. The van der Waals surface area contributed by atoms with Gasteiger partial charge in [-0.2, -0.15) is 0 Å². The van der Waals surface area contributed by atoms with Gasteiger partial charge in [-0.1, -0.05) is 40.9 Å². The molecule has 0 saturated carbocycles. The molecule has 3 rings (SSSR count). The van der Waals surface area contributed by atoms with Crippen molar-refractivity contribution in [3.63, 3.8) is 0 Å². The molecule has 0 bridgehead atoms. The summed E-state index contributed by atoms with van der Waals surface area (Å²) in [6, 6.07) is 9.08. The first-order chi connectivity index (χ1) is 14.3. The van der Waals surface area contributed by atoms with E-state index in [1.165, 1.54) is 18.2 Å². The monoisotopic (exact) mass is 493 g/mol. The highest BCUT2D eigenvalue weighted by atomic mass is 35.5. The Morgan fingerprint density at radius 1 is 0.967 bits per heavy atom. The van der Waals surface area contributed by atoms with Crippen LogP contribution in [0.1, 0.15) is 12.0 Å². The molecule has 2 aromatic carbocycles. The summed E-state index contributed by atoms with van der Waals surface area (Å²) in [5.74, 6) is -0.281. The Morgan fingerprint density at radius 3 is 2.37 bits per heavy atom. The third kappa shape index (κ3) is 6.29. The predicted molar refractivity (Wildman–Crippen MR) is 119 cm³/mol. The SMILES string of the molecule is O=S(=O)(NCCCN1CCN(Cc2c(F)cccc2Cl)CC1)c1cc(Cl)ccc1Cl. The molecule has 0 atom stereocenters. The Morgan fingerprint density at radius 2 is 1.67 bits per heavy atom. The van der Waals surface area contributed by atoms with Gasteiger partial charge in [0.1, 0.15) is 10.7 Å². The number of sulfonamides is 1. The fourth-order valence-electron chi connectivity index (χ4n) is 3.35. The van der Waals surface area contributed by atoms with E-state index < -0.39 is 10.0 Å². The smallest absolute Gasteiger partial charge is 0.242 e. The normalized spacial score (nSPS) is 16.1. The first-order valence-corrected chi connectivity index (χ1v) is 12.2. The maximum atomic E-state index is 14.0. The van der Waals surface area contributed by atoms with Gasteiger partial charge in [0.15, 0.2) is 0 Å². The zero-order valence-corrected chi connectivity index (χ0v) is 19.3. The van der Waals surface area contributed by atoms with Crippen LogP contribution in [-0.2, 0) is 16.6 Å². The number of halogens is 4. The Balaban J connectivity index is 1.41. The summed E-state index contributed by atoms with van der Waals surface area (Å²) < 4.78 is 41.4. The molecule has 0 spiro atoms. The molecule has 1 aliphatic rings. The molecule has 1 aliphatic heterocycles. The summed E-state index contributed by atoms with van der Waals surface area (Å²) >= 11 is 18.0. The molecule has 0 unspecified atom stereocenters. The fraction of sp³-hybridized carbons (Fsp3) is 0.400. The van der Waals surface area contributed by atoms with Crippen LogP contribution in [0.3, 0.4) is 0 Å². The van der Waals surface area contributed by atoms with Gasteiger partial charge in [-0.25, -0.2) is 17.5 Å². The van der Waals surface area contributed by atoms with Gasteiger partial charge in [0, 0.05) is 54.9 Å². The molecule has 164 valence electrons. The van der Waals surface area contributed by atoms with Gasteiger partial charge in [-0.3, -0.25) is 4.90 Å². The highest BCUT2D eigenvalue weighted by molar-refractivity contribution is 7.89. The number of hydrogen-bond donors (Lipinski definition) is 1. The molecule has 2 aromatic rings. The van der Waals surface area contributed by atoms with Gasteiger partial charge >= 0.3 is 0 Å². The quantitative estimate of drug-likeness (QED) is 0.557. The van der Waals surface area contributed by atoms with Crippen molar-refractivity contribution >= 4 is 44.8 Å². The Kier molecular flexibility index (Phi) is 8.38. The largest absolute Gasteiger partial charge is 0.301 e. The van der Waals surface area contributed by atoms with Crippen LogP contribution < -0.4 is 4.72 Å². The van der Waals surface area contributed by atoms with Crippen LogP contribution in [0.4, 0.5) is 4.39 Å². The van der Waals surface area contributed by atoms with Gasteiger partial charge in [-0.15, -0.1) is 0 Å². The second kappa shape index (κ2) is 10.6. The lowest BCUT2D eigenvalue weighted by Crippen LogP contribution is -2.46. The summed E-state index contributed by atoms with van der Waals surface area (Å²) in [5.41, 5.74) is 0.529. The molecule has 30 heavy (non-hydrogen) atoms. The van der Waals surface area contributed by atoms with Gasteiger partial charge in [0.2, 0.25) is 10.0 Å². The van der Waals surface area contributed by atoms with Crippen LogP contribution in [0.15, 0.2) is 41.3 Å². The highest BCUT2D eigenvalue weighted by Crippen LogP contribution is 2.25. The summed E-state index contributed by atoms with van der Waals surface area (Å²) in [4.78, 5) is 4.42. The maximum absolute atomic E-state index is 14.0. The third-order valence-corrected chi connectivity index (χ3v) is 7.57. The molecule has 0 radical (unpaired) electrons. The maximum Gasteiger partial charge on any atom is 0.242 e. The zero-order chi connectivity index (χ0) is 21.7. The van der Waals surface area contributed by atoms with Crippen molar-refractivity contribution in [2.75, 3.05) is 39.3 Å². The second-order valence-electron chi connectivity index (χ2n) is 7.14. The van der Waals surface area contributed by atoms with Gasteiger partial charge in [0.05, 0.1) is 5.02 Å². The van der Waals surface area contributed by atoms with E-state index in [9.17, 15) is 12.8 Å². The van der Waals surface area contributed by atoms with Crippen molar-refractivity contribution in [2.24, 2.45) is 0 Å². The van der Waals surface area contributed by atoms with E-state index in [1.807, 2.05) is 0 Å². The molecule has 1 fully saturated rings.